The number of esters is 4. The van der Waals surface area contributed by atoms with Crippen molar-refractivity contribution in [1.29, 1.82) is 0 Å². The molecule has 1 aromatic carbocycles. The largest absolute Gasteiger partial charge is 0.462 e. The lowest BCUT2D eigenvalue weighted by atomic mass is 9.90. The van der Waals surface area contributed by atoms with Crippen LogP contribution in [0.2, 0.25) is 0 Å². The van der Waals surface area contributed by atoms with Gasteiger partial charge in [0, 0.05) is 29.9 Å². The maximum atomic E-state index is 13.5. The first kappa shape index (κ1) is 41.1. The van der Waals surface area contributed by atoms with Crippen LogP contribution in [-0.4, -0.2) is 114 Å². The van der Waals surface area contributed by atoms with Crippen LogP contribution in [-0.2, 0) is 52.4 Å². The van der Waals surface area contributed by atoms with Gasteiger partial charge < -0.3 is 49.3 Å². The quantitative estimate of drug-likeness (QED) is 0.120. The average Bonchev–Trinajstić information content (AvgIpc) is 3.67. The van der Waals surface area contributed by atoms with Crippen molar-refractivity contribution in [3.05, 3.63) is 53.1 Å². The molecular formula is C37H48N2O14. The van der Waals surface area contributed by atoms with Crippen LogP contribution in [0.5, 0.6) is 0 Å². The molecule has 16 heteroatoms. The van der Waals surface area contributed by atoms with E-state index in [0.29, 0.717) is 5.56 Å². The molecule has 0 saturated carbocycles. The molecule has 2 heterocycles. The number of aliphatic hydroxyl groups is 2. The van der Waals surface area contributed by atoms with E-state index in [2.05, 4.69) is 10.6 Å². The first-order chi connectivity index (χ1) is 24.9. The van der Waals surface area contributed by atoms with Gasteiger partial charge in [0.05, 0.1) is 24.3 Å². The van der Waals surface area contributed by atoms with E-state index in [1.807, 2.05) is 0 Å². The number of benzene rings is 1. The van der Waals surface area contributed by atoms with Crippen LogP contribution < -0.4 is 10.6 Å². The third-order valence-corrected chi connectivity index (χ3v) is 8.56. The molecule has 0 radical (unpaired) electrons. The number of carbonyl (C=O) groups is 6. The second-order valence-electron chi connectivity index (χ2n) is 14.8. The molecule has 4 rings (SSSR count). The van der Waals surface area contributed by atoms with Crippen LogP contribution >= 0.6 is 0 Å². The van der Waals surface area contributed by atoms with Crippen LogP contribution in [0.15, 0.2) is 42.0 Å². The molecule has 0 aromatic heterocycles. The monoisotopic (exact) mass is 744 g/mol. The lowest BCUT2D eigenvalue weighted by Crippen LogP contribution is -2.55. The lowest BCUT2D eigenvalue weighted by molar-refractivity contribution is -0.159. The van der Waals surface area contributed by atoms with E-state index in [-0.39, 0.29) is 43.8 Å². The van der Waals surface area contributed by atoms with Crippen molar-refractivity contribution in [2.45, 2.75) is 109 Å². The topological polar surface area (TPSA) is 222 Å². The number of nitrogens with one attached hydrogen (secondary N) is 2. The van der Waals surface area contributed by atoms with Gasteiger partial charge in [-0.15, -0.1) is 0 Å². The SMILES string of the molecule is CC(O)C(NC(=O)C1=CC2OCOC2C(OC(=O)c2cccc(C=CC(=O)OC3C(=O)OCC3(C)C)c2)C1)C(=O)NC(CO)CCC(=O)OC(C)(C)C. The minimum atomic E-state index is -1.44. The molecule has 2 aliphatic heterocycles. The number of hydrogen-bond donors (Lipinski definition) is 4. The van der Waals surface area contributed by atoms with Crippen LogP contribution in [0.3, 0.4) is 0 Å². The summed E-state index contributed by atoms with van der Waals surface area (Å²) in [5.74, 6) is -4.16. The van der Waals surface area contributed by atoms with Crippen molar-refractivity contribution in [3.8, 4) is 0 Å². The van der Waals surface area contributed by atoms with Gasteiger partial charge in [-0.2, -0.15) is 0 Å². The highest BCUT2D eigenvalue weighted by Crippen LogP contribution is 2.32. The molecule has 0 bridgehead atoms. The maximum Gasteiger partial charge on any atom is 0.348 e. The number of amides is 2. The fourth-order valence-electron chi connectivity index (χ4n) is 5.78. The van der Waals surface area contributed by atoms with Gasteiger partial charge >= 0.3 is 23.9 Å². The summed E-state index contributed by atoms with van der Waals surface area (Å²) in [7, 11) is 0. The molecule has 1 aliphatic carbocycles. The van der Waals surface area contributed by atoms with Gasteiger partial charge in [0.1, 0.15) is 43.4 Å². The Morgan fingerprint density at radius 3 is 2.47 bits per heavy atom. The van der Waals surface area contributed by atoms with Crippen molar-refractivity contribution in [1.82, 2.24) is 10.6 Å². The van der Waals surface area contributed by atoms with Crippen molar-refractivity contribution in [2.24, 2.45) is 5.41 Å². The first-order valence-electron chi connectivity index (χ1n) is 17.3. The molecule has 16 nitrogen and oxygen atoms in total. The van der Waals surface area contributed by atoms with E-state index in [4.69, 9.17) is 28.4 Å². The Morgan fingerprint density at radius 2 is 1.83 bits per heavy atom. The highest BCUT2D eigenvalue weighted by Gasteiger charge is 2.46. The molecule has 7 atom stereocenters. The summed E-state index contributed by atoms with van der Waals surface area (Å²) >= 11 is 0. The van der Waals surface area contributed by atoms with Crippen LogP contribution in [0.1, 0.15) is 76.7 Å². The fourth-order valence-corrected chi connectivity index (χ4v) is 5.78. The number of aliphatic hydroxyl groups excluding tert-OH is 2. The minimum Gasteiger partial charge on any atom is -0.462 e. The molecule has 3 aliphatic rings. The molecular weight excluding hydrogens is 696 g/mol. The number of cyclic esters (lactones) is 1. The summed E-state index contributed by atoms with van der Waals surface area (Å²) in [5.41, 5.74) is -0.668. The van der Waals surface area contributed by atoms with Crippen molar-refractivity contribution >= 4 is 41.8 Å². The molecule has 7 unspecified atom stereocenters. The van der Waals surface area contributed by atoms with Crippen molar-refractivity contribution in [2.75, 3.05) is 20.0 Å². The highest BCUT2D eigenvalue weighted by atomic mass is 16.7. The third-order valence-electron chi connectivity index (χ3n) is 8.56. The standard InChI is InChI=1S/C37H48N2O14/c1-20(41)29(33(45)38-24(17-40)11-13-28(43)53-36(2,3)4)39-32(44)23-15-25-30(50-19-49-25)26(16-23)51-34(46)22-9-7-8-21(14-22)10-12-27(42)52-31-35(47)48-18-37(31,5)6/h7-10,12,14-15,20,24-26,29-31,40-41H,11,13,16-19H2,1-6H3,(H,38,45)(H,39,44). The zero-order valence-corrected chi connectivity index (χ0v) is 30.6. The lowest BCUT2D eigenvalue weighted by Gasteiger charge is -2.31. The Hall–Kier alpha value is -4.64. The Balaban J connectivity index is 1.37. The molecule has 1 aromatic rings. The smallest absolute Gasteiger partial charge is 0.348 e. The van der Waals surface area contributed by atoms with Gasteiger partial charge in [-0.1, -0.05) is 26.0 Å². The summed E-state index contributed by atoms with van der Waals surface area (Å²) in [6.07, 6.45) is -0.949. The predicted octanol–water partition coefficient (Wildman–Crippen LogP) is 1.26. The van der Waals surface area contributed by atoms with E-state index in [0.717, 1.165) is 6.08 Å². The summed E-state index contributed by atoms with van der Waals surface area (Å²) in [6, 6.07) is 3.91. The van der Waals surface area contributed by atoms with Gasteiger partial charge in [-0.25, -0.2) is 14.4 Å². The van der Waals surface area contributed by atoms with E-state index < -0.39 is 95.9 Å². The normalized spacial score (nSPS) is 23.8. The van der Waals surface area contributed by atoms with Crippen molar-refractivity contribution in [3.63, 3.8) is 0 Å². The maximum absolute atomic E-state index is 13.5. The Labute approximate surface area is 307 Å². The number of hydrogen-bond acceptors (Lipinski definition) is 14. The van der Waals surface area contributed by atoms with E-state index in [1.165, 1.54) is 31.2 Å². The second kappa shape index (κ2) is 17.5. The van der Waals surface area contributed by atoms with Gasteiger partial charge in [0.25, 0.3) is 0 Å². The Bertz CT molecular complexity index is 1610. The molecule has 2 fully saturated rings. The Morgan fingerprint density at radius 1 is 1.09 bits per heavy atom. The molecule has 4 N–H and O–H groups in total. The highest BCUT2D eigenvalue weighted by molar-refractivity contribution is 5.98. The van der Waals surface area contributed by atoms with Crippen LogP contribution in [0.25, 0.3) is 6.08 Å². The number of rotatable bonds is 14. The van der Waals surface area contributed by atoms with Gasteiger partial charge in [-0.3, -0.25) is 14.4 Å². The summed E-state index contributed by atoms with van der Waals surface area (Å²) in [4.78, 5) is 76.4. The first-order valence-corrected chi connectivity index (χ1v) is 17.3. The van der Waals surface area contributed by atoms with Crippen LogP contribution in [0.4, 0.5) is 0 Å². The molecule has 2 amide bonds. The van der Waals surface area contributed by atoms with E-state index in [1.54, 1.807) is 46.8 Å². The van der Waals surface area contributed by atoms with Crippen molar-refractivity contribution < 1.29 is 67.4 Å². The molecule has 0 spiro atoms. The molecule has 290 valence electrons. The molecule has 53 heavy (non-hydrogen) atoms. The fraction of sp³-hybridized carbons (Fsp3) is 0.568. The second-order valence-corrected chi connectivity index (χ2v) is 14.8. The summed E-state index contributed by atoms with van der Waals surface area (Å²) in [5, 5.41) is 25.3. The average molecular weight is 745 g/mol. The third kappa shape index (κ3) is 11.4. The number of ether oxygens (including phenoxy) is 6. The van der Waals surface area contributed by atoms with Gasteiger partial charge in [0.15, 0.2) is 0 Å². The number of fused-ring (bicyclic) bond motifs is 1. The minimum absolute atomic E-state index is 0.0544. The zero-order chi connectivity index (χ0) is 39.1. The molecule has 2 saturated heterocycles. The predicted molar refractivity (Wildman–Crippen MR) is 184 cm³/mol. The van der Waals surface area contributed by atoms with E-state index >= 15 is 0 Å². The van der Waals surface area contributed by atoms with Gasteiger partial charge in [0.2, 0.25) is 17.9 Å². The van der Waals surface area contributed by atoms with Crippen LogP contribution in [0, 0.1) is 5.41 Å². The van der Waals surface area contributed by atoms with E-state index in [9.17, 15) is 39.0 Å². The Kier molecular flexibility index (Phi) is 13.5. The number of carbonyl (C=O) groups excluding carboxylic acids is 6. The zero-order valence-electron chi connectivity index (χ0n) is 30.6. The van der Waals surface area contributed by atoms with Gasteiger partial charge in [-0.05, 0) is 64.0 Å². The summed E-state index contributed by atoms with van der Waals surface area (Å²) in [6.45, 7) is 9.45. The summed E-state index contributed by atoms with van der Waals surface area (Å²) < 4.78 is 32.6.